The van der Waals surface area contributed by atoms with Gasteiger partial charge >= 0.3 is 5.97 Å². The van der Waals surface area contributed by atoms with E-state index in [-0.39, 0.29) is 11.6 Å². The molecule has 0 fully saturated rings. The number of nitrogens with one attached hydrogen (secondary N) is 1. The van der Waals surface area contributed by atoms with E-state index in [0.717, 1.165) is 11.3 Å². The highest BCUT2D eigenvalue weighted by Crippen LogP contribution is 2.31. The lowest BCUT2D eigenvalue weighted by Gasteiger charge is -2.12. The smallest absolute Gasteiger partial charge is 0.328 e. The second-order valence-corrected chi connectivity index (χ2v) is 7.38. The molecule has 2 aromatic heterocycles. The Bertz CT molecular complexity index is 1280. The number of nitrogens with zero attached hydrogens (tertiary/aromatic N) is 3. The summed E-state index contributed by atoms with van der Waals surface area (Å²) in [5.74, 6) is -0.933. The Balaban J connectivity index is 1.66. The van der Waals surface area contributed by atoms with E-state index in [9.17, 15) is 14.7 Å². The van der Waals surface area contributed by atoms with Crippen LogP contribution in [0.15, 0.2) is 66.9 Å². The first-order valence-corrected chi connectivity index (χ1v) is 10.0. The van der Waals surface area contributed by atoms with Crippen molar-refractivity contribution in [3.63, 3.8) is 0 Å². The lowest BCUT2D eigenvalue weighted by Crippen LogP contribution is -2.21. The zero-order valence-electron chi connectivity index (χ0n) is 17.6. The molecule has 2 heterocycles. The van der Waals surface area contributed by atoms with Gasteiger partial charge in [-0.2, -0.15) is 5.10 Å². The van der Waals surface area contributed by atoms with Crippen LogP contribution < -0.4 is 10.1 Å². The Hall–Kier alpha value is -4.20. The third-order valence-electron chi connectivity index (χ3n) is 5.09. The number of pyridine rings is 1. The zero-order valence-corrected chi connectivity index (χ0v) is 17.6. The summed E-state index contributed by atoms with van der Waals surface area (Å²) in [5, 5.41) is 17.7. The lowest BCUT2D eigenvalue weighted by molar-refractivity contribution is -0.141. The molecule has 2 N–H and O–H groups in total. The van der Waals surface area contributed by atoms with Gasteiger partial charge in [-0.1, -0.05) is 36.4 Å². The van der Waals surface area contributed by atoms with Crippen molar-refractivity contribution in [2.45, 2.75) is 19.4 Å². The molecule has 1 amide bonds. The zero-order chi connectivity index (χ0) is 22.7. The van der Waals surface area contributed by atoms with Gasteiger partial charge in [-0.25, -0.2) is 9.78 Å². The molecule has 0 aliphatic carbocycles. The molecule has 8 heteroatoms. The first-order valence-electron chi connectivity index (χ1n) is 10.0. The van der Waals surface area contributed by atoms with E-state index in [1.54, 1.807) is 30.5 Å². The lowest BCUT2D eigenvalue weighted by atomic mass is 10.1. The van der Waals surface area contributed by atoms with E-state index in [1.165, 1.54) is 11.8 Å². The van der Waals surface area contributed by atoms with E-state index in [2.05, 4.69) is 15.4 Å². The summed E-state index contributed by atoms with van der Waals surface area (Å²) in [6.07, 6.45) is 1.96. The van der Waals surface area contributed by atoms with Crippen LogP contribution in [0.4, 0.5) is 5.69 Å². The Morgan fingerprint density at radius 2 is 1.91 bits per heavy atom. The predicted octanol–water partition coefficient (Wildman–Crippen LogP) is 3.87. The maximum atomic E-state index is 12.6. The Morgan fingerprint density at radius 3 is 2.59 bits per heavy atom. The number of methoxy groups -OCH3 is 1. The summed E-state index contributed by atoms with van der Waals surface area (Å²) in [5.41, 5.74) is 2.93. The Morgan fingerprint density at radius 1 is 1.12 bits per heavy atom. The number of aliphatic carboxylic acids is 1. The van der Waals surface area contributed by atoms with Crippen LogP contribution in [0, 0.1) is 6.92 Å². The summed E-state index contributed by atoms with van der Waals surface area (Å²) < 4.78 is 6.86. The number of aryl methyl sites for hydroxylation is 1. The minimum Gasteiger partial charge on any atom is -0.494 e. The summed E-state index contributed by atoms with van der Waals surface area (Å²) in [4.78, 5) is 28.8. The normalized spacial score (nSPS) is 11.8. The molecule has 0 radical (unpaired) electrons. The largest absolute Gasteiger partial charge is 0.494 e. The third kappa shape index (κ3) is 4.44. The number of carbonyl (C=O) groups is 2. The van der Waals surface area contributed by atoms with Crippen molar-refractivity contribution in [2.24, 2.45) is 0 Å². The highest BCUT2D eigenvalue weighted by molar-refractivity contribution is 6.05. The minimum atomic E-state index is -0.979. The van der Waals surface area contributed by atoms with Gasteiger partial charge in [-0.05, 0) is 30.7 Å². The van der Waals surface area contributed by atoms with Gasteiger partial charge in [0.25, 0.3) is 5.91 Å². The van der Waals surface area contributed by atoms with Gasteiger partial charge in [0.2, 0.25) is 0 Å². The second-order valence-electron chi connectivity index (χ2n) is 7.38. The standard InChI is InChI=1S/C24H22N4O4/c1-15-7-6-10-18(25-15)23(29)26-20-12-17-14-28(27-19(17)13-22(20)32-2)21(24(30)31)11-16-8-4-3-5-9-16/h3-10,12-14,21H,11H2,1-2H3,(H,26,29)(H,30,31). The Kier molecular flexibility index (Phi) is 5.85. The number of rotatable bonds is 7. The number of fused-ring (bicyclic) bond motifs is 1. The fourth-order valence-corrected chi connectivity index (χ4v) is 3.49. The average molecular weight is 430 g/mol. The van der Waals surface area contributed by atoms with Crippen molar-refractivity contribution in [1.29, 1.82) is 0 Å². The number of ether oxygens (including phenoxy) is 1. The van der Waals surface area contributed by atoms with Gasteiger partial charge in [0.15, 0.2) is 6.04 Å². The topological polar surface area (TPSA) is 106 Å². The van der Waals surface area contributed by atoms with Gasteiger partial charge in [0, 0.05) is 29.8 Å². The first kappa shape index (κ1) is 21.0. The van der Waals surface area contributed by atoms with Gasteiger partial charge in [-0.3, -0.25) is 9.48 Å². The van der Waals surface area contributed by atoms with Crippen LogP contribution in [0.2, 0.25) is 0 Å². The molecule has 0 aliphatic rings. The van der Waals surface area contributed by atoms with Crippen LogP contribution in [0.25, 0.3) is 10.9 Å². The molecule has 0 bridgehead atoms. The molecule has 0 saturated heterocycles. The predicted molar refractivity (Wildman–Crippen MR) is 120 cm³/mol. The number of aromatic nitrogens is 3. The maximum absolute atomic E-state index is 12.6. The number of carboxylic acid groups (broad SMARTS) is 1. The molecular formula is C24H22N4O4. The fraction of sp³-hybridized carbons (Fsp3) is 0.167. The molecule has 8 nitrogen and oxygen atoms in total. The van der Waals surface area contributed by atoms with Gasteiger partial charge in [0.05, 0.1) is 18.3 Å². The SMILES string of the molecule is COc1cc2nn(C(Cc3ccccc3)C(=O)O)cc2cc1NC(=O)c1cccc(C)n1. The molecule has 0 aliphatic heterocycles. The summed E-state index contributed by atoms with van der Waals surface area (Å²) in [7, 11) is 1.49. The average Bonchev–Trinajstić information content (AvgIpc) is 3.19. The number of carboxylic acids is 1. The molecule has 0 spiro atoms. The van der Waals surface area contributed by atoms with Crippen molar-refractivity contribution < 1.29 is 19.4 Å². The van der Waals surface area contributed by atoms with Gasteiger partial charge in [-0.15, -0.1) is 0 Å². The quantitative estimate of drug-likeness (QED) is 0.461. The monoisotopic (exact) mass is 430 g/mol. The van der Waals surface area contributed by atoms with E-state index < -0.39 is 12.0 Å². The first-order chi connectivity index (χ1) is 15.4. The van der Waals surface area contributed by atoms with Crippen molar-refractivity contribution in [1.82, 2.24) is 14.8 Å². The Labute approximate surface area is 184 Å². The molecule has 162 valence electrons. The van der Waals surface area contributed by atoms with Gasteiger partial charge < -0.3 is 15.2 Å². The minimum absolute atomic E-state index is 0.289. The van der Waals surface area contributed by atoms with Crippen molar-refractivity contribution in [3.05, 3.63) is 83.8 Å². The van der Waals surface area contributed by atoms with Crippen molar-refractivity contribution >= 4 is 28.5 Å². The number of benzene rings is 2. The number of anilines is 1. The molecule has 0 saturated carbocycles. The van der Waals surface area contributed by atoms with E-state index in [4.69, 9.17) is 4.74 Å². The highest BCUT2D eigenvalue weighted by Gasteiger charge is 2.22. The maximum Gasteiger partial charge on any atom is 0.328 e. The fourth-order valence-electron chi connectivity index (χ4n) is 3.49. The van der Waals surface area contributed by atoms with Crippen LogP contribution in [0.5, 0.6) is 5.75 Å². The number of amides is 1. The molecule has 1 unspecified atom stereocenters. The van der Waals surface area contributed by atoms with Crippen molar-refractivity contribution in [2.75, 3.05) is 12.4 Å². The third-order valence-corrected chi connectivity index (χ3v) is 5.09. The molecular weight excluding hydrogens is 408 g/mol. The highest BCUT2D eigenvalue weighted by atomic mass is 16.5. The molecule has 4 aromatic rings. The van der Waals surface area contributed by atoms with E-state index in [1.807, 2.05) is 43.3 Å². The second kappa shape index (κ2) is 8.89. The van der Waals surface area contributed by atoms with E-state index in [0.29, 0.717) is 28.8 Å². The summed E-state index contributed by atoms with van der Waals surface area (Å²) in [6.45, 7) is 1.81. The van der Waals surface area contributed by atoms with Crippen LogP contribution in [-0.2, 0) is 11.2 Å². The van der Waals surface area contributed by atoms with Crippen LogP contribution in [0.3, 0.4) is 0 Å². The summed E-state index contributed by atoms with van der Waals surface area (Å²) >= 11 is 0. The summed E-state index contributed by atoms with van der Waals surface area (Å²) in [6, 6.07) is 17.1. The van der Waals surface area contributed by atoms with Gasteiger partial charge in [0.1, 0.15) is 11.4 Å². The number of carbonyl (C=O) groups excluding carboxylic acids is 1. The van der Waals surface area contributed by atoms with E-state index >= 15 is 0 Å². The molecule has 4 rings (SSSR count). The van der Waals surface area contributed by atoms with Crippen LogP contribution >= 0.6 is 0 Å². The molecule has 2 aromatic carbocycles. The van der Waals surface area contributed by atoms with Crippen LogP contribution in [-0.4, -0.2) is 38.9 Å². The van der Waals surface area contributed by atoms with Crippen LogP contribution in [0.1, 0.15) is 27.8 Å². The molecule has 32 heavy (non-hydrogen) atoms. The number of hydrogen-bond donors (Lipinski definition) is 2. The number of hydrogen-bond acceptors (Lipinski definition) is 5. The van der Waals surface area contributed by atoms with Crippen molar-refractivity contribution in [3.8, 4) is 5.75 Å². The molecule has 1 atom stereocenters.